The highest BCUT2D eigenvalue weighted by Crippen LogP contribution is 2.26. The lowest BCUT2D eigenvalue weighted by atomic mass is 9.95. The molecule has 0 aliphatic carbocycles. The van der Waals surface area contributed by atoms with Crippen LogP contribution in [0.5, 0.6) is 0 Å². The normalized spacial score (nSPS) is 17.4. The summed E-state index contributed by atoms with van der Waals surface area (Å²) in [6, 6.07) is 14.9. The van der Waals surface area contributed by atoms with Crippen molar-refractivity contribution in [1.82, 2.24) is 4.90 Å². The van der Waals surface area contributed by atoms with Crippen LogP contribution in [0.2, 0.25) is 5.02 Å². The number of benzene rings is 2. The van der Waals surface area contributed by atoms with E-state index in [1.165, 1.54) is 5.56 Å². The predicted molar refractivity (Wildman–Crippen MR) is 118 cm³/mol. The number of hydrogen-bond donors (Lipinski definition) is 1. The zero-order valence-corrected chi connectivity index (χ0v) is 18.1. The van der Waals surface area contributed by atoms with Crippen molar-refractivity contribution in [3.8, 4) is 0 Å². The number of halogens is 1. The molecule has 2 atom stereocenters. The third-order valence-corrected chi connectivity index (χ3v) is 5.70. The van der Waals surface area contributed by atoms with Crippen molar-refractivity contribution in [2.75, 3.05) is 11.9 Å². The van der Waals surface area contributed by atoms with E-state index in [9.17, 15) is 9.59 Å². The Bertz CT molecular complexity index is 846. The number of carbonyl (C=O) groups is 2. The number of nitrogens with zero attached hydrogens (tertiary/aromatic N) is 1. The van der Waals surface area contributed by atoms with Crippen LogP contribution < -0.4 is 5.32 Å². The first-order chi connectivity index (χ1) is 13.8. The van der Waals surface area contributed by atoms with Gasteiger partial charge in [-0.15, -0.1) is 0 Å². The van der Waals surface area contributed by atoms with Gasteiger partial charge in [-0.3, -0.25) is 9.59 Å². The fourth-order valence-electron chi connectivity index (χ4n) is 3.87. The summed E-state index contributed by atoms with van der Waals surface area (Å²) in [5.74, 6) is 0.199. The van der Waals surface area contributed by atoms with Crippen molar-refractivity contribution in [3.63, 3.8) is 0 Å². The Morgan fingerprint density at radius 3 is 2.34 bits per heavy atom. The van der Waals surface area contributed by atoms with Crippen molar-refractivity contribution in [3.05, 3.63) is 64.7 Å². The van der Waals surface area contributed by atoms with Crippen LogP contribution in [0.15, 0.2) is 48.5 Å². The van der Waals surface area contributed by atoms with Crippen LogP contribution in [0, 0.1) is 5.92 Å². The summed E-state index contributed by atoms with van der Waals surface area (Å²) >= 11 is 5.90. The van der Waals surface area contributed by atoms with E-state index in [1.807, 2.05) is 19.1 Å². The molecule has 0 radical (unpaired) electrons. The SMILES string of the molecule is CC(C)Cc1ccc(C(C)C(=O)N2CCCC2C(=O)Nc2ccc(Cl)cc2)cc1. The molecule has 1 heterocycles. The van der Waals surface area contributed by atoms with Crippen molar-refractivity contribution in [2.24, 2.45) is 5.92 Å². The van der Waals surface area contributed by atoms with Gasteiger partial charge in [-0.1, -0.05) is 49.7 Å². The highest BCUT2D eigenvalue weighted by molar-refractivity contribution is 6.30. The summed E-state index contributed by atoms with van der Waals surface area (Å²) in [5.41, 5.74) is 2.96. The van der Waals surface area contributed by atoms with Gasteiger partial charge in [-0.05, 0) is 67.5 Å². The predicted octanol–water partition coefficient (Wildman–Crippen LogP) is 5.27. The quantitative estimate of drug-likeness (QED) is 0.702. The second-order valence-electron chi connectivity index (χ2n) is 8.25. The summed E-state index contributed by atoms with van der Waals surface area (Å²) in [6.45, 7) is 6.94. The van der Waals surface area contributed by atoms with E-state index in [0.717, 1.165) is 18.4 Å². The van der Waals surface area contributed by atoms with Gasteiger partial charge in [0.05, 0.1) is 5.92 Å². The summed E-state index contributed by atoms with van der Waals surface area (Å²) in [6.07, 6.45) is 2.55. The molecule has 1 fully saturated rings. The van der Waals surface area contributed by atoms with Gasteiger partial charge in [-0.25, -0.2) is 0 Å². The van der Waals surface area contributed by atoms with Gasteiger partial charge in [-0.2, -0.15) is 0 Å². The minimum absolute atomic E-state index is 0.00960. The highest BCUT2D eigenvalue weighted by Gasteiger charge is 2.36. The first kappa shape index (κ1) is 21.4. The first-order valence-corrected chi connectivity index (χ1v) is 10.7. The van der Waals surface area contributed by atoms with E-state index >= 15 is 0 Å². The average Bonchev–Trinajstić information content (AvgIpc) is 3.19. The molecule has 2 unspecified atom stereocenters. The first-order valence-electron chi connectivity index (χ1n) is 10.3. The average molecular weight is 413 g/mol. The third kappa shape index (κ3) is 5.39. The van der Waals surface area contributed by atoms with Gasteiger partial charge in [0, 0.05) is 17.3 Å². The van der Waals surface area contributed by atoms with Gasteiger partial charge in [0.1, 0.15) is 6.04 Å². The van der Waals surface area contributed by atoms with Crippen LogP contribution in [-0.4, -0.2) is 29.3 Å². The fourth-order valence-corrected chi connectivity index (χ4v) is 3.99. The summed E-state index contributed by atoms with van der Waals surface area (Å²) < 4.78 is 0. The maximum atomic E-state index is 13.1. The number of anilines is 1. The Morgan fingerprint density at radius 1 is 1.07 bits per heavy atom. The minimum Gasteiger partial charge on any atom is -0.330 e. The van der Waals surface area contributed by atoms with Crippen LogP contribution in [0.3, 0.4) is 0 Å². The van der Waals surface area contributed by atoms with Crippen molar-refractivity contribution < 1.29 is 9.59 Å². The van der Waals surface area contributed by atoms with E-state index in [4.69, 9.17) is 11.6 Å². The van der Waals surface area contributed by atoms with E-state index in [2.05, 4.69) is 31.3 Å². The largest absolute Gasteiger partial charge is 0.330 e. The Kier molecular flexibility index (Phi) is 6.96. The smallest absolute Gasteiger partial charge is 0.247 e. The third-order valence-electron chi connectivity index (χ3n) is 5.44. The van der Waals surface area contributed by atoms with E-state index in [1.54, 1.807) is 29.2 Å². The van der Waals surface area contributed by atoms with Crippen LogP contribution in [0.1, 0.15) is 50.7 Å². The lowest BCUT2D eigenvalue weighted by Gasteiger charge is -2.27. The number of hydrogen-bond acceptors (Lipinski definition) is 2. The molecule has 2 aromatic rings. The molecule has 154 valence electrons. The lowest BCUT2D eigenvalue weighted by molar-refractivity contribution is -0.137. The van der Waals surface area contributed by atoms with Gasteiger partial charge in [0.25, 0.3) is 0 Å². The molecule has 0 aromatic heterocycles. The molecule has 1 N–H and O–H groups in total. The molecule has 0 saturated carbocycles. The molecular formula is C24H29ClN2O2. The monoisotopic (exact) mass is 412 g/mol. The standard InChI is InChI=1S/C24H29ClN2O2/c1-16(2)15-18-6-8-19(9-7-18)17(3)24(29)27-14-4-5-22(27)23(28)26-21-12-10-20(25)11-13-21/h6-13,16-17,22H,4-5,14-15H2,1-3H3,(H,26,28). The van der Waals surface area contributed by atoms with Gasteiger partial charge in [0.15, 0.2) is 0 Å². The van der Waals surface area contributed by atoms with Gasteiger partial charge in [0.2, 0.25) is 11.8 Å². The van der Waals surface area contributed by atoms with Crippen LogP contribution in [0.25, 0.3) is 0 Å². The maximum absolute atomic E-state index is 13.1. The molecule has 4 nitrogen and oxygen atoms in total. The number of rotatable bonds is 6. The number of likely N-dealkylation sites (tertiary alicyclic amines) is 1. The molecule has 5 heteroatoms. The molecule has 0 spiro atoms. The molecule has 3 rings (SSSR count). The Labute approximate surface area is 178 Å². The Balaban J connectivity index is 1.66. The van der Waals surface area contributed by atoms with Crippen molar-refractivity contribution in [1.29, 1.82) is 0 Å². The summed E-state index contributed by atoms with van der Waals surface area (Å²) in [7, 11) is 0. The lowest BCUT2D eigenvalue weighted by Crippen LogP contribution is -2.44. The van der Waals surface area contributed by atoms with Gasteiger partial charge < -0.3 is 10.2 Å². The highest BCUT2D eigenvalue weighted by atomic mass is 35.5. The molecule has 29 heavy (non-hydrogen) atoms. The second kappa shape index (κ2) is 9.45. The Morgan fingerprint density at radius 2 is 1.72 bits per heavy atom. The molecule has 2 aromatic carbocycles. The van der Waals surface area contributed by atoms with Crippen LogP contribution in [-0.2, 0) is 16.0 Å². The maximum Gasteiger partial charge on any atom is 0.247 e. The topological polar surface area (TPSA) is 49.4 Å². The molecule has 0 bridgehead atoms. The van der Waals surface area contributed by atoms with Crippen LogP contribution >= 0.6 is 11.6 Å². The van der Waals surface area contributed by atoms with Crippen molar-refractivity contribution >= 4 is 29.1 Å². The van der Waals surface area contributed by atoms with E-state index < -0.39 is 6.04 Å². The molecular weight excluding hydrogens is 384 g/mol. The zero-order chi connectivity index (χ0) is 21.0. The summed E-state index contributed by atoms with van der Waals surface area (Å²) in [5, 5.41) is 3.53. The van der Waals surface area contributed by atoms with Crippen LogP contribution in [0.4, 0.5) is 5.69 Å². The molecule has 2 amide bonds. The minimum atomic E-state index is -0.430. The summed E-state index contributed by atoms with van der Waals surface area (Å²) in [4.78, 5) is 27.7. The van der Waals surface area contributed by atoms with E-state index in [0.29, 0.717) is 29.6 Å². The Hall–Kier alpha value is -2.33. The second-order valence-corrected chi connectivity index (χ2v) is 8.68. The zero-order valence-electron chi connectivity index (χ0n) is 17.3. The number of carbonyl (C=O) groups excluding carboxylic acids is 2. The molecule has 1 saturated heterocycles. The van der Waals surface area contributed by atoms with Gasteiger partial charge >= 0.3 is 0 Å². The number of amides is 2. The molecule has 1 aliphatic rings. The van der Waals surface area contributed by atoms with E-state index in [-0.39, 0.29) is 17.7 Å². The molecule has 1 aliphatic heterocycles. The van der Waals surface area contributed by atoms with Crippen molar-refractivity contribution in [2.45, 2.75) is 52.0 Å². The fraction of sp³-hybridized carbons (Fsp3) is 0.417. The number of nitrogens with one attached hydrogen (secondary N) is 1.